The van der Waals surface area contributed by atoms with Gasteiger partial charge < -0.3 is 0 Å². The third kappa shape index (κ3) is 1.97. The lowest BCUT2D eigenvalue weighted by molar-refractivity contribution is -0.0154. The quantitative estimate of drug-likeness (QED) is 0.802. The summed E-state index contributed by atoms with van der Waals surface area (Å²) in [5, 5.41) is 19.2. The summed E-state index contributed by atoms with van der Waals surface area (Å²) in [5.74, 6) is 7.55. The van der Waals surface area contributed by atoms with Crippen molar-refractivity contribution in [1.82, 2.24) is 20.4 Å². The van der Waals surface area contributed by atoms with Gasteiger partial charge in [0.25, 0.3) is 0 Å². The molecule has 0 aromatic carbocycles. The van der Waals surface area contributed by atoms with E-state index < -0.39 is 0 Å². The molecule has 0 atom stereocenters. The molecule has 8 saturated carbocycles. The predicted molar refractivity (Wildman–Crippen MR) is 97.3 cm³/mol. The van der Waals surface area contributed by atoms with E-state index in [1.54, 1.807) is 0 Å². The lowest BCUT2D eigenvalue weighted by Crippen LogP contribution is -2.51. The molecule has 8 fully saturated rings. The maximum absolute atomic E-state index is 4.80. The normalized spacial score (nSPS) is 53.4. The summed E-state index contributed by atoms with van der Waals surface area (Å²) in [6, 6.07) is 0. The topological polar surface area (TPSA) is 51.6 Å². The SMILES string of the molecule is C1C2CC3CC1CC(c1nnc(C45CC6CC(CC(C6)C4)C5)nn1)(C2)C3. The third-order valence-corrected chi connectivity index (χ3v) is 9.50. The lowest BCUT2D eigenvalue weighted by atomic mass is 9.49. The van der Waals surface area contributed by atoms with Crippen LogP contribution in [-0.4, -0.2) is 20.4 Å². The van der Waals surface area contributed by atoms with Gasteiger partial charge in [-0.2, -0.15) is 0 Å². The second kappa shape index (κ2) is 4.86. The van der Waals surface area contributed by atoms with Crippen LogP contribution in [0.5, 0.6) is 0 Å². The Kier molecular flexibility index (Phi) is 2.79. The Balaban J connectivity index is 1.22. The molecular weight excluding hydrogens is 320 g/mol. The van der Waals surface area contributed by atoms with Crippen molar-refractivity contribution in [2.24, 2.45) is 35.5 Å². The molecule has 9 rings (SSSR count). The van der Waals surface area contributed by atoms with Crippen LogP contribution >= 0.6 is 0 Å². The van der Waals surface area contributed by atoms with Crippen LogP contribution in [0.3, 0.4) is 0 Å². The Morgan fingerprint density at radius 2 is 0.654 bits per heavy atom. The van der Waals surface area contributed by atoms with Gasteiger partial charge in [-0.1, -0.05) is 0 Å². The zero-order valence-electron chi connectivity index (χ0n) is 15.7. The fraction of sp³-hybridized carbons (Fsp3) is 0.909. The summed E-state index contributed by atoms with van der Waals surface area (Å²) in [7, 11) is 0. The molecule has 0 saturated heterocycles. The second-order valence-corrected chi connectivity index (χ2v) is 11.4. The third-order valence-electron chi connectivity index (χ3n) is 9.50. The van der Waals surface area contributed by atoms with E-state index in [0.29, 0.717) is 0 Å². The van der Waals surface area contributed by atoms with Gasteiger partial charge in [-0.3, -0.25) is 0 Å². The summed E-state index contributed by atoms with van der Waals surface area (Å²) >= 11 is 0. The van der Waals surface area contributed by atoms with Gasteiger partial charge in [0.05, 0.1) is 0 Å². The summed E-state index contributed by atoms with van der Waals surface area (Å²) in [6.07, 6.45) is 16.6. The van der Waals surface area contributed by atoms with Gasteiger partial charge in [0, 0.05) is 10.8 Å². The average Bonchev–Trinajstić information content (AvgIpc) is 2.60. The van der Waals surface area contributed by atoms with Crippen molar-refractivity contribution >= 4 is 0 Å². The molecule has 8 aliphatic rings. The van der Waals surface area contributed by atoms with Gasteiger partial charge in [0.1, 0.15) is 0 Å². The Morgan fingerprint density at radius 1 is 0.423 bits per heavy atom. The molecule has 4 heteroatoms. The molecule has 26 heavy (non-hydrogen) atoms. The fourth-order valence-electron chi connectivity index (χ4n) is 9.42. The van der Waals surface area contributed by atoms with Gasteiger partial charge >= 0.3 is 0 Å². The van der Waals surface area contributed by atoms with Crippen molar-refractivity contribution in [3.8, 4) is 0 Å². The van der Waals surface area contributed by atoms with Crippen LogP contribution in [0.1, 0.15) is 88.7 Å². The maximum Gasteiger partial charge on any atom is 0.179 e. The summed E-state index contributed by atoms with van der Waals surface area (Å²) in [6.45, 7) is 0. The summed E-state index contributed by atoms with van der Waals surface area (Å²) in [4.78, 5) is 0. The fourth-order valence-corrected chi connectivity index (χ4v) is 9.42. The molecule has 138 valence electrons. The molecular formula is C22H30N4. The molecule has 8 aliphatic carbocycles. The first-order valence-electron chi connectivity index (χ1n) is 11.3. The van der Waals surface area contributed by atoms with E-state index in [0.717, 1.165) is 47.2 Å². The second-order valence-electron chi connectivity index (χ2n) is 11.4. The van der Waals surface area contributed by atoms with Gasteiger partial charge in [-0.25, -0.2) is 0 Å². The number of hydrogen-bond donors (Lipinski definition) is 0. The van der Waals surface area contributed by atoms with Crippen molar-refractivity contribution in [2.75, 3.05) is 0 Å². The van der Waals surface area contributed by atoms with E-state index in [4.69, 9.17) is 20.4 Å². The molecule has 0 unspecified atom stereocenters. The molecule has 1 aromatic heterocycles. The number of nitrogens with zero attached hydrogens (tertiary/aromatic N) is 4. The standard InChI is InChI=1S/C22H30N4/c1-13-2-15-3-14(1)8-21(7-13,9-15)19-23-25-20(26-24-19)22-10-16-4-17(11-22)6-18(5-16)12-22/h13-18H,1-12H2. The average molecular weight is 351 g/mol. The molecule has 0 aliphatic heterocycles. The van der Waals surface area contributed by atoms with Crippen LogP contribution in [0.4, 0.5) is 0 Å². The molecule has 0 N–H and O–H groups in total. The Hall–Kier alpha value is -1.06. The minimum absolute atomic E-state index is 0.231. The van der Waals surface area contributed by atoms with Crippen LogP contribution in [0.15, 0.2) is 0 Å². The first kappa shape index (κ1) is 14.9. The van der Waals surface area contributed by atoms with E-state index in [9.17, 15) is 0 Å². The maximum atomic E-state index is 4.80. The van der Waals surface area contributed by atoms with Crippen molar-refractivity contribution in [1.29, 1.82) is 0 Å². The monoisotopic (exact) mass is 350 g/mol. The van der Waals surface area contributed by atoms with E-state index in [-0.39, 0.29) is 10.8 Å². The van der Waals surface area contributed by atoms with E-state index >= 15 is 0 Å². The highest BCUT2D eigenvalue weighted by Gasteiger charge is 2.55. The molecule has 1 aromatic rings. The lowest BCUT2D eigenvalue weighted by Gasteiger charge is -2.56. The van der Waals surface area contributed by atoms with Crippen LogP contribution in [0.25, 0.3) is 0 Å². The Labute approximate surface area is 156 Å². The predicted octanol–water partition coefficient (Wildman–Crippen LogP) is 4.20. The van der Waals surface area contributed by atoms with E-state index in [1.165, 1.54) is 77.0 Å². The van der Waals surface area contributed by atoms with E-state index in [1.807, 2.05) is 0 Å². The number of rotatable bonds is 2. The van der Waals surface area contributed by atoms with E-state index in [2.05, 4.69) is 0 Å². The van der Waals surface area contributed by atoms with Crippen molar-refractivity contribution in [2.45, 2.75) is 87.9 Å². The Morgan fingerprint density at radius 3 is 0.885 bits per heavy atom. The molecule has 4 nitrogen and oxygen atoms in total. The molecule has 1 heterocycles. The zero-order valence-corrected chi connectivity index (χ0v) is 15.7. The van der Waals surface area contributed by atoms with Crippen molar-refractivity contribution in [3.63, 3.8) is 0 Å². The molecule has 0 radical (unpaired) electrons. The van der Waals surface area contributed by atoms with Crippen LogP contribution < -0.4 is 0 Å². The minimum Gasteiger partial charge on any atom is -0.131 e. The zero-order chi connectivity index (χ0) is 16.9. The van der Waals surface area contributed by atoms with Crippen LogP contribution in [-0.2, 0) is 10.8 Å². The first-order chi connectivity index (χ1) is 12.7. The number of aromatic nitrogens is 4. The summed E-state index contributed by atoms with van der Waals surface area (Å²) < 4.78 is 0. The van der Waals surface area contributed by atoms with Crippen molar-refractivity contribution in [3.05, 3.63) is 11.6 Å². The highest BCUT2D eigenvalue weighted by atomic mass is 15.3. The summed E-state index contributed by atoms with van der Waals surface area (Å²) in [5.41, 5.74) is 0.462. The molecule has 0 spiro atoms. The highest BCUT2D eigenvalue weighted by molar-refractivity contribution is 5.18. The van der Waals surface area contributed by atoms with Crippen molar-refractivity contribution < 1.29 is 0 Å². The van der Waals surface area contributed by atoms with Crippen LogP contribution in [0.2, 0.25) is 0 Å². The molecule has 8 bridgehead atoms. The first-order valence-corrected chi connectivity index (χ1v) is 11.3. The van der Waals surface area contributed by atoms with Crippen LogP contribution in [0, 0.1) is 35.5 Å². The highest BCUT2D eigenvalue weighted by Crippen LogP contribution is 2.61. The van der Waals surface area contributed by atoms with Gasteiger partial charge in [-0.05, 0) is 113 Å². The smallest absolute Gasteiger partial charge is 0.131 e. The molecule has 0 amide bonds. The van der Waals surface area contributed by atoms with Gasteiger partial charge in [-0.15, -0.1) is 20.4 Å². The van der Waals surface area contributed by atoms with Gasteiger partial charge in [0.15, 0.2) is 11.6 Å². The minimum atomic E-state index is 0.231. The largest absolute Gasteiger partial charge is 0.179 e. The number of hydrogen-bond acceptors (Lipinski definition) is 4. The Bertz CT molecular complexity index is 605. The van der Waals surface area contributed by atoms with Gasteiger partial charge in [0.2, 0.25) is 0 Å².